The van der Waals surface area contributed by atoms with Crippen LogP contribution in [0.5, 0.6) is 0 Å². The molecule has 1 rings (SSSR count). The molecule has 0 spiro atoms. The summed E-state index contributed by atoms with van der Waals surface area (Å²) >= 11 is 2.15. The molecule has 6 heavy (non-hydrogen) atoms. The zero-order valence-electron chi connectivity index (χ0n) is 3.37. The van der Waals surface area contributed by atoms with E-state index in [0.717, 1.165) is 0 Å². The highest BCUT2D eigenvalue weighted by molar-refractivity contribution is 14.1. The third-order valence-corrected chi connectivity index (χ3v) is 1.71. The number of rotatable bonds is 1. The summed E-state index contributed by atoms with van der Waals surface area (Å²) in [6.45, 7) is 1.18. The SMILES string of the molecule is INC1CCN1. The predicted octanol–water partition coefficient (Wildman–Crippen LogP) is 0.245. The van der Waals surface area contributed by atoms with Crippen LogP contribution in [0.3, 0.4) is 0 Å². The van der Waals surface area contributed by atoms with E-state index in [4.69, 9.17) is 0 Å². The van der Waals surface area contributed by atoms with Crippen LogP contribution in [-0.2, 0) is 0 Å². The zero-order valence-corrected chi connectivity index (χ0v) is 5.53. The molecule has 2 N–H and O–H groups in total. The van der Waals surface area contributed by atoms with Gasteiger partial charge < -0.3 is 5.32 Å². The number of nitrogens with one attached hydrogen (secondary N) is 2. The first-order valence-corrected chi connectivity index (χ1v) is 3.11. The first kappa shape index (κ1) is 4.80. The third kappa shape index (κ3) is 0.828. The normalized spacial score (nSPS) is 32.5. The smallest absolute Gasteiger partial charge is 0.0672 e. The summed E-state index contributed by atoms with van der Waals surface area (Å²) in [4.78, 5) is 0. The minimum atomic E-state index is 0.602. The lowest BCUT2D eigenvalue weighted by atomic mass is 10.2. The van der Waals surface area contributed by atoms with Gasteiger partial charge in [-0.2, -0.15) is 0 Å². The second kappa shape index (κ2) is 2.09. The van der Waals surface area contributed by atoms with Crippen molar-refractivity contribution in [1.29, 1.82) is 0 Å². The molecule has 0 amide bonds. The molecule has 0 aromatic carbocycles. The van der Waals surface area contributed by atoms with E-state index in [1.807, 2.05) is 0 Å². The Morgan fingerprint density at radius 1 is 1.83 bits per heavy atom. The zero-order chi connectivity index (χ0) is 4.41. The van der Waals surface area contributed by atoms with Gasteiger partial charge in [-0.3, -0.25) is 0 Å². The first-order chi connectivity index (χ1) is 2.93. The van der Waals surface area contributed by atoms with E-state index in [0.29, 0.717) is 6.17 Å². The Labute approximate surface area is 51.2 Å². The minimum absolute atomic E-state index is 0.602. The van der Waals surface area contributed by atoms with E-state index >= 15 is 0 Å². The van der Waals surface area contributed by atoms with Crippen molar-refractivity contribution in [3.8, 4) is 0 Å². The third-order valence-electron chi connectivity index (χ3n) is 0.955. The molecule has 0 aromatic heterocycles. The Balaban J connectivity index is 2.01. The number of hydrogen-bond donors (Lipinski definition) is 2. The topological polar surface area (TPSA) is 24.1 Å². The highest BCUT2D eigenvalue weighted by Crippen LogP contribution is 1.97. The van der Waals surface area contributed by atoms with E-state index in [2.05, 4.69) is 31.7 Å². The van der Waals surface area contributed by atoms with Crippen LogP contribution in [0.2, 0.25) is 0 Å². The molecule has 0 bridgehead atoms. The fourth-order valence-corrected chi connectivity index (χ4v) is 0.913. The summed E-state index contributed by atoms with van der Waals surface area (Å²) in [5.41, 5.74) is 0. The molecular weight excluding hydrogens is 191 g/mol. The van der Waals surface area contributed by atoms with Crippen molar-refractivity contribution in [2.45, 2.75) is 12.6 Å². The van der Waals surface area contributed by atoms with Crippen LogP contribution in [0.15, 0.2) is 0 Å². The van der Waals surface area contributed by atoms with Crippen molar-refractivity contribution in [2.75, 3.05) is 6.54 Å². The van der Waals surface area contributed by atoms with E-state index in [9.17, 15) is 0 Å². The Bertz CT molecular complexity index is 41.3. The Morgan fingerprint density at radius 2 is 2.50 bits per heavy atom. The van der Waals surface area contributed by atoms with Crippen molar-refractivity contribution in [3.05, 3.63) is 0 Å². The van der Waals surface area contributed by atoms with Crippen LogP contribution in [0.25, 0.3) is 0 Å². The predicted molar refractivity (Wildman–Crippen MR) is 33.6 cm³/mol. The standard InChI is InChI=1S/C3H7IN2/c4-6-3-1-2-5-3/h3,5-6H,1-2H2. The monoisotopic (exact) mass is 198 g/mol. The minimum Gasteiger partial charge on any atom is -0.301 e. The van der Waals surface area contributed by atoms with Gasteiger partial charge in [0.2, 0.25) is 0 Å². The molecule has 3 heteroatoms. The van der Waals surface area contributed by atoms with Gasteiger partial charge in [-0.15, -0.1) is 0 Å². The van der Waals surface area contributed by atoms with Gasteiger partial charge in [0.1, 0.15) is 0 Å². The second-order valence-corrected chi connectivity index (χ2v) is 2.03. The molecule has 1 aliphatic rings. The summed E-state index contributed by atoms with van der Waals surface area (Å²) in [7, 11) is 0. The molecule has 1 heterocycles. The summed E-state index contributed by atoms with van der Waals surface area (Å²) in [6.07, 6.45) is 1.88. The molecular formula is C3H7IN2. The lowest BCUT2D eigenvalue weighted by Crippen LogP contribution is -2.49. The maximum atomic E-state index is 3.18. The molecule has 0 radical (unpaired) electrons. The Morgan fingerprint density at radius 3 is 2.50 bits per heavy atom. The molecule has 1 aliphatic heterocycles. The summed E-state index contributed by atoms with van der Waals surface area (Å²) in [6, 6.07) is 0. The van der Waals surface area contributed by atoms with Crippen LogP contribution in [0.1, 0.15) is 6.42 Å². The maximum absolute atomic E-state index is 3.18. The highest BCUT2D eigenvalue weighted by Gasteiger charge is 2.12. The summed E-state index contributed by atoms with van der Waals surface area (Å²) < 4.78 is 3.06. The molecule has 0 saturated carbocycles. The summed E-state index contributed by atoms with van der Waals surface area (Å²) in [5, 5.41) is 3.18. The van der Waals surface area contributed by atoms with Gasteiger partial charge in [0, 0.05) is 22.9 Å². The second-order valence-electron chi connectivity index (χ2n) is 1.40. The van der Waals surface area contributed by atoms with Crippen LogP contribution in [0, 0.1) is 0 Å². The van der Waals surface area contributed by atoms with Crippen molar-refractivity contribution in [1.82, 2.24) is 8.85 Å². The molecule has 1 fully saturated rings. The Hall–Kier alpha value is 0.650. The van der Waals surface area contributed by atoms with Gasteiger partial charge >= 0.3 is 0 Å². The molecule has 2 nitrogen and oxygen atoms in total. The lowest BCUT2D eigenvalue weighted by Gasteiger charge is -2.25. The van der Waals surface area contributed by atoms with E-state index < -0.39 is 0 Å². The largest absolute Gasteiger partial charge is 0.301 e. The molecule has 36 valence electrons. The van der Waals surface area contributed by atoms with Crippen molar-refractivity contribution < 1.29 is 0 Å². The highest BCUT2D eigenvalue weighted by atomic mass is 127. The van der Waals surface area contributed by atoms with Crippen molar-refractivity contribution in [3.63, 3.8) is 0 Å². The fraction of sp³-hybridized carbons (Fsp3) is 1.00. The molecule has 1 saturated heterocycles. The lowest BCUT2D eigenvalue weighted by molar-refractivity contribution is 0.368. The Kier molecular flexibility index (Phi) is 1.67. The van der Waals surface area contributed by atoms with E-state index in [1.54, 1.807) is 0 Å². The van der Waals surface area contributed by atoms with Gasteiger partial charge in [-0.25, -0.2) is 3.53 Å². The van der Waals surface area contributed by atoms with Crippen LogP contribution < -0.4 is 8.85 Å². The average Bonchev–Trinajstić information content (AvgIpc) is 1.31. The number of halogens is 1. The average molecular weight is 198 g/mol. The van der Waals surface area contributed by atoms with E-state index in [-0.39, 0.29) is 0 Å². The van der Waals surface area contributed by atoms with Crippen molar-refractivity contribution in [2.24, 2.45) is 0 Å². The molecule has 1 unspecified atom stereocenters. The van der Waals surface area contributed by atoms with Gasteiger partial charge in [-0.1, -0.05) is 0 Å². The van der Waals surface area contributed by atoms with Crippen LogP contribution in [0.4, 0.5) is 0 Å². The van der Waals surface area contributed by atoms with E-state index in [1.165, 1.54) is 13.0 Å². The van der Waals surface area contributed by atoms with Crippen LogP contribution in [-0.4, -0.2) is 12.7 Å². The molecule has 0 aliphatic carbocycles. The molecule has 1 atom stereocenters. The van der Waals surface area contributed by atoms with Crippen LogP contribution >= 0.6 is 22.9 Å². The van der Waals surface area contributed by atoms with Gasteiger partial charge in [0.25, 0.3) is 0 Å². The van der Waals surface area contributed by atoms with Gasteiger partial charge in [-0.05, 0) is 13.0 Å². The maximum Gasteiger partial charge on any atom is 0.0672 e. The summed E-state index contributed by atoms with van der Waals surface area (Å²) in [5.74, 6) is 0. The van der Waals surface area contributed by atoms with Gasteiger partial charge in [0.15, 0.2) is 0 Å². The first-order valence-electron chi connectivity index (χ1n) is 2.03. The quantitative estimate of drug-likeness (QED) is 0.466. The molecule has 0 aromatic rings. The van der Waals surface area contributed by atoms with Crippen molar-refractivity contribution >= 4 is 22.9 Å². The van der Waals surface area contributed by atoms with Gasteiger partial charge in [0.05, 0.1) is 6.17 Å². The number of hydrogen-bond acceptors (Lipinski definition) is 2. The fourth-order valence-electron chi connectivity index (χ4n) is 0.382.